The number of carbonyl (C=O) groups is 2. The summed E-state index contributed by atoms with van der Waals surface area (Å²) in [5.41, 5.74) is 0. The molecule has 0 aliphatic carbocycles. The van der Waals surface area contributed by atoms with E-state index in [1.54, 1.807) is 0 Å². The molecular formula is C62H117NO5. The predicted molar refractivity (Wildman–Crippen MR) is 296 cm³/mol. The fourth-order valence-electron chi connectivity index (χ4n) is 9.26. The highest BCUT2D eigenvalue weighted by Gasteiger charge is 2.20. The number of rotatable bonds is 56. The fraction of sp³-hybridized carbons (Fsp3) is 0.871. The first-order chi connectivity index (χ1) is 33.5. The van der Waals surface area contributed by atoms with Crippen molar-refractivity contribution in [1.29, 1.82) is 0 Å². The molecule has 3 N–H and O–H groups in total. The Labute approximate surface area is 424 Å². The van der Waals surface area contributed by atoms with Crippen LogP contribution in [0.1, 0.15) is 322 Å². The van der Waals surface area contributed by atoms with E-state index < -0.39 is 12.1 Å². The molecule has 1 amide bonds. The molecule has 6 heteroatoms. The molecule has 0 spiro atoms. The van der Waals surface area contributed by atoms with Crippen LogP contribution in [-0.2, 0) is 14.3 Å². The Morgan fingerprint density at radius 2 is 0.765 bits per heavy atom. The van der Waals surface area contributed by atoms with Gasteiger partial charge in [0.2, 0.25) is 5.91 Å². The maximum Gasteiger partial charge on any atom is 0.305 e. The van der Waals surface area contributed by atoms with Gasteiger partial charge in [-0.15, -0.1) is 0 Å². The summed E-state index contributed by atoms with van der Waals surface area (Å²) in [5, 5.41) is 23.2. The van der Waals surface area contributed by atoms with Crippen LogP contribution >= 0.6 is 0 Å². The van der Waals surface area contributed by atoms with Crippen LogP contribution in [0.4, 0.5) is 0 Å². The Kier molecular flexibility index (Phi) is 56.0. The molecule has 0 aromatic heterocycles. The summed E-state index contributed by atoms with van der Waals surface area (Å²) < 4.78 is 5.47. The Balaban J connectivity index is 3.38. The van der Waals surface area contributed by atoms with Crippen molar-refractivity contribution in [2.75, 3.05) is 13.2 Å². The maximum absolute atomic E-state index is 12.5. The number of nitrogens with one attached hydrogen (secondary N) is 1. The molecule has 400 valence electrons. The molecular weight excluding hydrogens is 839 g/mol. The van der Waals surface area contributed by atoms with E-state index in [9.17, 15) is 19.8 Å². The van der Waals surface area contributed by atoms with E-state index in [0.717, 1.165) is 51.4 Å². The molecule has 0 saturated carbocycles. The van der Waals surface area contributed by atoms with Gasteiger partial charge in [0.1, 0.15) is 0 Å². The zero-order valence-electron chi connectivity index (χ0n) is 45.6. The van der Waals surface area contributed by atoms with E-state index in [-0.39, 0.29) is 18.5 Å². The summed E-state index contributed by atoms with van der Waals surface area (Å²) >= 11 is 0. The summed E-state index contributed by atoms with van der Waals surface area (Å²) in [7, 11) is 0. The van der Waals surface area contributed by atoms with Crippen LogP contribution in [0.25, 0.3) is 0 Å². The van der Waals surface area contributed by atoms with Gasteiger partial charge in [-0.25, -0.2) is 0 Å². The maximum atomic E-state index is 12.5. The molecule has 0 radical (unpaired) electrons. The van der Waals surface area contributed by atoms with Gasteiger partial charge >= 0.3 is 5.97 Å². The Morgan fingerprint density at radius 3 is 1.19 bits per heavy atom. The van der Waals surface area contributed by atoms with Crippen LogP contribution in [-0.4, -0.2) is 47.4 Å². The van der Waals surface area contributed by atoms with Gasteiger partial charge in [0.05, 0.1) is 25.4 Å². The molecule has 68 heavy (non-hydrogen) atoms. The molecule has 0 fully saturated rings. The predicted octanol–water partition coefficient (Wildman–Crippen LogP) is 18.8. The van der Waals surface area contributed by atoms with Crippen molar-refractivity contribution < 1.29 is 24.5 Å². The van der Waals surface area contributed by atoms with Crippen LogP contribution in [0.5, 0.6) is 0 Å². The molecule has 0 aromatic rings. The second-order valence-corrected chi connectivity index (χ2v) is 20.7. The van der Waals surface area contributed by atoms with Crippen molar-refractivity contribution in [3.63, 3.8) is 0 Å². The van der Waals surface area contributed by atoms with E-state index in [1.807, 2.05) is 0 Å². The average Bonchev–Trinajstić information content (AvgIpc) is 3.34. The van der Waals surface area contributed by atoms with Gasteiger partial charge in [0.15, 0.2) is 0 Å². The highest BCUT2D eigenvalue weighted by molar-refractivity contribution is 5.76. The van der Waals surface area contributed by atoms with Gasteiger partial charge in [0.25, 0.3) is 0 Å². The number of allylic oxidation sites excluding steroid dienone is 6. The quantitative estimate of drug-likeness (QED) is 0.0321. The van der Waals surface area contributed by atoms with Crippen molar-refractivity contribution in [2.24, 2.45) is 0 Å². The van der Waals surface area contributed by atoms with E-state index in [2.05, 4.69) is 55.6 Å². The van der Waals surface area contributed by atoms with E-state index in [4.69, 9.17) is 4.74 Å². The number of hydrogen-bond donors (Lipinski definition) is 3. The first-order valence-electron chi connectivity index (χ1n) is 30.2. The van der Waals surface area contributed by atoms with Crippen LogP contribution in [0.2, 0.25) is 0 Å². The van der Waals surface area contributed by atoms with Crippen LogP contribution in [0.3, 0.4) is 0 Å². The number of aliphatic hydroxyl groups excluding tert-OH is 2. The molecule has 2 unspecified atom stereocenters. The minimum absolute atomic E-state index is 0.00126. The van der Waals surface area contributed by atoms with E-state index in [0.29, 0.717) is 25.9 Å². The lowest BCUT2D eigenvalue weighted by molar-refractivity contribution is -0.143. The summed E-state index contributed by atoms with van der Waals surface area (Å²) in [5.74, 6) is -0.0382. The molecule has 6 nitrogen and oxygen atoms in total. The Bertz CT molecular complexity index is 1100. The van der Waals surface area contributed by atoms with Crippen molar-refractivity contribution in [2.45, 2.75) is 334 Å². The smallest absolute Gasteiger partial charge is 0.305 e. The molecule has 0 heterocycles. The van der Waals surface area contributed by atoms with Gasteiger partial charge < -0.3 is 20.3 Å². The monoisotopic (exact) mass is 956 g/mol. The first kappa shape index (κ1) is 66.1. The lowest BCUT2D eigenvalue weighted by Gasteiger charge is -2.22. The zero-order valence-corrected chi connectivity index (χ0v) is 45.6. The number of carbonyl (C=O) groups excluding carboxylic acids is 2. The summed E-state index contributed by atoms with van der Waals surface area (Å²) in [6, 6.07) is -0.542. The average molecular weight is 957 g/mol. The number of unbranched alkanes of at least 4 members (excludes halogenated alkanes) is 39. The van der Waals surface area contributed by atoms with Crippen molar-refractivity contribution in [3.05, 3.63) is 36.5 Å². The zero-order chi connectivity index (χ0) is 49.3. The highest BCUT2D eigenvalue weighted by atomic mass is 16.5. The topological polar surface area (TPSA) is 95.9 Å². The van der Waals surface area contributed by atoms with Gasteiger partial charge in [-0.1, -0.05) is 269 Å². The second-order valence-electron chi connectivity index (χ2n) is 20.7. The lowest BCUT2D eigenvalue weighted by atomic mass is 10.0. The third kappa shape index (κ3) is 53.4. The first-order valence-corrected chi connectivity index (χ1v) is 30.2. The number of aliphatic hydroxyl groups is 2. The molecule has 0 rings (SSSR count). The molecule has 0 bridgehead atoms. The summed E-state index contributed by atoms with van der Waals surface area (Å²) in [6.45, 7) is 4.88. The lowest BCUT2D eigenvalue weighted by Crippen LogP contribution is -2.45. The molecule has 0 aromatic carbocycles. The Morgan fingerprint density at radius 1 is 0.412 bits per heavy atom. The van der Waals surface area contributed by atoms with Gasteiger partial charge in [-0.2, -0.15) is 0 Å². The molecule has 0 saturated heterocycles. The van der Waals surface area contributed by atoms with Crippen LogP contribution in [0.15, 0.2) is 36.5 Å². The molecule has 2 atom stereocenters. The van der Waals surface area contributed by atoms with Gasteiger partial charge in [-0.05, 0) is 77.0 Å². The summed E-state index contributed by atoms with van der Waals surface area (Å²) in [4.78, 5) is 24.5. The highest BCUT2D eigenvalue weighted by Crippen LogP contribution is 2.17. The van der Waals surface area contributed by atoms with Crippen molar-refractivity contribution >= 4 is 11.9 Å². The van der Waals surface area contributed by atoms with Crippen LogP contribution in [0, 0.1) is 0 Å². The number of amides is 1. The minimum atomic E-state index is -0.664. The van der Waals surface area contributed by atoms with Crippen LogP contribution < -0.4 is 5.32 Å². The Hall–Kier alpha value is -1.92. The standard InChI is InChI=1S/C62H117NO5/c1-3-5-7-9-11-13-15-31-36-40-44-48-52-56-62(67)68-57-53-49-45-41-37-33-30-28-26-24-22-20-18-17-19-21-23-25-27-29-32-35-39-43-47-51-55-61(66)63-59(58-64)60(65)54-50-46-42-38-34-16-14-12-10-8-6-4-2/h7,9,13,15,17,19,59-60,64-65H,3-6,8,10-12,14,16,18,20-58H2,1-2H3,(H,63,66)/b9-7-,15-13-,19-17-. The second kappa shape index (κ2) is 57.7. The van der Waals surface area contributed by atoms with Gasteiger partial charge in [-0.3, -0.25) is 9.59 Å². The number of hydrogen-bond acceptors (Lipinski definition) is 5. The van der Waals surface area contributed by atoms with Gasteiger partial charge in [0, 0.05) is 12.8 Å². The normalized spacial score (nSPS) is 12.8. The summed E-state index contributed by atoms with van der Waals surface area (Å²) in [6.07, 6.45) is 71.5. The number of esters is 1. The fourth-order valence-corrected chi connectivity index (χ4v) is 9.26. The SMILES string of the molecule is CCC/C=C\C/C=C\CCCCCCCC(=O)OCCCCCCCCCCCCCC/C=C\CCCCCCCCCCCCC(=O)NC(CO)C(O)CCCCCCCCCCCCCC. The minimum Gasteiger partial charge on any atom is -0.466 e. The van der Waals surface area contributed by atoms with Crippen molar-refractivity contribution in [3.8, 4) is 0 Å². The third-order valence-corrected chi connectivity index (χ3v) is 13.9. The molecule has 0 aliphatic rings. The van der Waals surface area contributed by atoms with Crippen molar-refractivity contribution in [1.82, 2.24) is 5.32 Å². The van der Waals surface area contributed by atoms with E-state index >= 15 is 0 Å². The largest absolute Gasteiger partial charge is 0.466 e. The number of ether oxygens (including phenoxy) is 1. The third-order valence-electron chi connectivity index (χ3n) is 13.9. The van der Waals surface area contributed by atoms with E-state index in [1.165, 1.54) is 238 Å². The molecule has 0 aliphatic heterocycles.